The van der Waals surface area contributed by atoms with Gasteiger partial charge in [0, 0.05) is 49.7 Å². The third-order valence-electron chi connectivity index (χ3n) is 6.47. The van der Waals surface area contributed by atoms with Crippen molar-refractivity contribution < 1.29 is 19.0 Å². The molecule has 0 saturated carbocycles. The molecule has 2 aliphatic rings. The van der Waals surface area contributed by atoms with Gasteiger partial charge in [0.05, 0.1) is 39.2 Å². The number of ether oxygens (including phenoxy) is 3. The van der Waals surface area contributed by atoms with Gasteiger partial charge >= 0.3 is 6.03 Å². The molecular weight excluding hydrogens is 484 g/mol. The highest BCUT2D eigenvalue weighted by atomic mass is 16.5. The first-order valence-corrected chi connectivity index (χ1v) is 13.1. The molecule has 38 heavy (non-hydrogen) atoms. The summed E-state index contributed by atoms with van der Waals surface area (Å²) in [6.07, 6.45) is 1.72. The minimum atomic E-state index is -0.300. The number of nitrogens with zero attached hydrogens (tertiary/aromatic N) is 4. The van der Waals surface area contributed by atoms with E-state index in [1.54, 1.807) is 6.20 Å². The van der Waals surface area contributed by atoms with E-state index in [1.807, 2.05) is 55.5 Å². The molecule has 0 aliphatic carbocycles. The Bertz CT molecular complexity index is 1190. The molecule has 10 heteroatoms. The summed E-state index contributed by atoms with van der Waals surface area (Å²) < 4.78 is 16.7. The molecule has 2 aliphatic heterocycles. The van der Waals surface area contributed by atoms with Crippen molar-refractivity contribution in [3.63, 3.8) is 0 Å². The molecule has 5 rings (SSSR count). The smallest absolute Gasteiger partial charge is 0.323 e. The lowest BCUT2D eigenvalue weighted by molar-refractivity contribution is 0.0342. The Morgan fingerprint density at radius 2 is 1.50 bits per heavy atom. The number of hydrogen-bond donors (Lipinski definition) is 2. The SMILES string of the molecule is CCOc1cnc(-c2ccc(NC(=O)Nc3ccc(CN4CCOCC4)cc3)cc2)nc1N1CCOCC1. The second-order valence-corrected chi connectivity index (χ2v) is 9.16. The van der Waals surface area contributed by atoms with E-state index in [9.17, 15) is 4.79 Å². The van der Waals surface area contributed by atoms with Crippen molar-refractivity contribution >= 4 is 23.2 Å². The molecule has 2 aromatic carbocycles. The number of morpholine rings is 2. The van der Waals surface area contributed by atoms with Crippen molar-refractivity contribution in [2.24, 2.45) is 0 Å². The fourth-order valence-electron chi connectivity index (χ4n) is 4.47. The van der Waals surface area contributed by atoms with Crippen LogP contribution >= 0.6 is 0 Å². The van der Waals surface area contributed by atoms with Crippen molar-refractivity contribution in [3.8, 4) is 17.1 Å². The van der Waals surface area contributed by atoms with Crippen LogP contribution in [0.4, 0.5) is 22.0 Å². The van der Waals surface area contributed by atoms with E-state index in [0.29, 0.717) is 37.1 Å². The average Bonchev–Trinajstić information content (AvgIpc) is 2.96. The van der Waals surface area contributed by atoms with Gasteiger partial charge in [-0.2, -0.15) is 0 Å². The van der Waals surface area contributed by atoms with Crippen LogP contribution in [-0.4, -0.2) is 80.1 Å². The van der Waals surface area contributed by atoms with E-state index in [1.165, 1.54) is 5.56 Å². The monoisotopic (exact) mass is 518 g/mol. The van der Waals surface area contributed by atoms with Crippen LogP contribution in [0.15, 0.2) is 54.7 Å². The molecule has 0 bridgehead atoms. The number of benzene rings is 2. The molecule has 0 unspecified atom stereocenters. The van der Waals surface area contributed by atoms with Crippen LogP contribution in [0, 0.1) is 0 Å². The summed E-state index contributed by atoms with van der Waals surface area (Å²) in [5.74, 6) is 2.04. The lowest BCUT2D eigenvalue weighted by Crippen LogP contribution is -2.37. The maximum absolute atomic E-state index is 12.6. The summed E-state index contributed by atoms with van der Waals surface area (Å²) in [6, 6.07) is 15.1. The maximum atomic E-state index is 12.6. The van der Waals surface area contributed by atoms with Gasteiger partial charge in [0.25, 0.3) is 0 Å². The standard InChI is InChI=1S/C28H34N6O4/c1-2-38-25-19-29-26(32-27(25)34-13-17-37-18-14-34)22-5-9-24(10-6-22)31-28(35)30-23-7-3-21(4-8-23)20-33-11-15-36-16-12-33/h3-10,19H,2,11-18,20H2,1H3,(H2,30,31,35). The van der Waals surface area contributed by atoms with Gasteiger partial charge in [-0.3, -0.25) is 4.90 Å². The van der Waals surface area contributed by atoms with Crippen molar-refractivity contribution in [1.29, 1.82) is 0 Å². The predicted molar refractivity (Wildman–Crippen MR) is 147 cm³/mol. The van der Waals surface area contributed by atoms with Gasteiger partial charge in [0.1, 0.15) is 0 Å². The van der Waals surface area contributed by atoms with E-state index >= 15 is 0 Å². The Morgan fingerprint density at radius 1 is 0.895 bits per heavy atom. The fourth-order valence-corrected chi connectivity index (χ4v) is 4.47. The molecule has 2 N–H and O–H groups in total. The van der Waals surface area contributed by atoms with E-state index in [0.717, 1.165) is 63.0 Å². The third kappa shape index (κ3) is 6.77. The summed E-state index contributed by atoms with van der Waals surface area (Å²) >= 11 is 0. The molecule has 10 nitrogen and oxygen atoms in total. The number of urea groups is 1. The Hall–Kier alpha value is -3.73. The molecule has 0 radical (unpaired) electrons. The first-order chi connectivity index (χ1) is 18.7. The van der Waals surface area contributed by atoms with Crippen LogP contribution in [-0.2, 0) is 16.0 Å². The van der Waals surface area contributed by atoms with Gasteiger partial charge in [0.2, 0.25) is 0 Å². The number of rotatable bonds is 8. The Morgan fingerprint density at radius 3 is 2.13 bits per heavy atom. The quantitative estimate of drug-likeness (QED) is 0.464. The van der Waals surface area contributed by atoms with Crippen LogP contribution in [0.2, 0.25) is 0 Å². The van der Waals surface area contributed by atoms with Gasteiger partial charge in [0.15, 0.2) is 17.4 Å². The Labute approximate surface area is 222 Å². The van der Waals surface area contributed by atoms with E-state index in [4.69, 9.17) is 19.2 Å². The molecule has 0 spiro atoms. The zero-order valence-corrected chi connectivity index (χ0v) is 21.7. The van der Waals surface area contributed by atoms with Gasteiger partial charge in [-0.1, -0.05) is 12.1 Å². The number of carbonyl (C=O) groups is 1. The number of aromatic nitrogens is 2. The van der Waals surface area contributed by atoms with Crippen LogP contribution in [0.1, 0.15) is 12.5 Å². The molecular formula is C28H34N6O4. The molecule has 3 aromatic rings. The maximum Gasteiger partial charge on any atom is 0.323 e. The normalized spacial score (nSPS) is 16.2. The van der Waals surface area contributed by atoms with Gasteiger partial charge in [-0.05, 0) is 48.9 Å². The van der Waals surface area contributed by atoms with Crippen molar-refractivity contribution in [3.05, 3.63) is 60.3 Å². The minimum Gasteiger partial charge on any atom is -0.488 e. The number of hydrogen-bond acceptors (Lipinski definition) is 8. The molecule has 2 fully saturated rings. The Kier molecular flexibility index (Phi) is 8.64. The van der Waals surface area contributed by atoms with Crippen molar-refractivity contribution in [1.82, 2.24) is 14.9 Å². The van der Waals surface area contributed by atoms with Crippen molar-refractivity contribution in [2.75, 3.05) is 74.7 Å². The van der Waals surface area contributed by atoms with E-state index in [2.05, 4.69) is 25.4 Å². The van der Waals surface area contributed by atoms with Crippen LogP contribution < -0.4 is 20.3 Å². The van der Waals surface area contributed by atoms with Gasteiger partial charge in [-0.25, -0.2) is 14.8 Å². The summed E-state index contributed by atoms with van der Waals surface area (Å²) in [4.78, 5) is 26.4. The zero-order valence-electron chi connectivity index (χ0n) is 21.7. The first kappa shape index (κ1) is 25.9. The topological polar surface area (TPSA) is 101 Å². The van der Waals surface area contributed by atoms with E-state index < -0.39 is 0 Å². The number of amides is 2. The summed E-state index contributed by atoms with van der Waals surface area (Å²) in [6.45, 7) is 9.65. The highest BCUT2D eigenvalue weighted by Gasteiger charge is 2.19. The third-order valence-corrected chi connectivity index (χ3v) is 6.47. The number of nitrogens with one attached hydrogen (secondary N) is 2. The summed E-state index contributed by atoms with van der Waals surface area (Å²) in [5.41, 5.74) is 3.48. The summed E-state index contributed by atoms with van der Waals surface area (Å²) in [7, 11) is 0. The molecule has 2 saturated heterocycles. The second kappa shape index (κ2) is 12.7. The Balaban J connectivity index is 1.19. The number of carbonyl (C=O) groups excluding carboxylic acids is 1. The predicted octanol–water partition coefficient (Wildman–Crippen LogP) is 3.86. The molecule has 3 heterocycles. The zero-order chi connectivity index (χ0) is 26.2. The molecule has 0 atom stereocenters. The van der Waals surface area contributed by atoms with Crippen LogP contribution in [0.3, 0.4) is 0 Å². The second-order valence-electron chi connectivity index (χ2n) is 9.16. The minimum absolute atomic E-state index is 0.300. The van der Waals surface area contributed by atoms with Crippen LogP contribution in [0.5, 0.6) is 5.75 Å². The van der Waals surface area contributed by atoms with Crippen molar-refractivity contribution in [2.45, 2.75) is 13.5 Å². The molecule has 2 amide bonds. The summed E-state index contributed by atoms with van der Waals surface area (Å²) in [5, 5.41) is 5.77. The fraction of sp³-hybridized carbons (Fsp3) is 0.393. The van der Waals surface area contributed by atoms with Gasteiger partial charge in [-0.15, -0.1) is 0 Å². The highest BCUT2D eigenvalue weighted by Crippen LogP contribution is 2.29. The number of anilines is 3. The lowest BCUT2D eigenvalue weighted by atomic mass is 10.2. The molecule has 200 valence electrons. The largest absolute Gasteiger partial charge is 0.488 e. The van der Waals surface area contributed by atoms with Gasteiger partial charge < -0.3 is 29.7 Å². The average molecular weight is 519 g/mol. The molecule has 1 aromatic heterocycles. The lowest BCUT2D eigenvalue weighted by Gasteiger charge is -2.29. The highest BCUT2D eigenvalue weighted by molar-refractivity contribution is 5.99. The van der Waals surface area contributed by atoms with E-state index in [-0.39, 0.29) is 6.03 Å². The van der Waals surface area contributed by atoms with Crippen LogP contribution in [0.25, 0.3) is 11.4 Å². The first-order valence-electron chi connectivity index (χ1n) is 13.1.